The van der Waals surface area contributed by atoms with Crippen molar-refractivity contribution in [3.05, 3.63) is 59.4 Å². The van der Waals surface area contributed by atoms with E-state index >= 15 is 0 Å². The van der Waals surface area contributed by atoms with E-state index in [1.54, 1.807) is 0 Å². The van der Waals surface area contributed by atoms with Gasteiger partial charge in [-0.15, -0.1) is 0 Å². The van der Waals surface area contributed by atoms with E-state index in [-0.39, 0.29) is 0 Å². The lowest BCUT2D eigenvalue weighted by atomic mass is 10.1. The van der Waals surface area contributed by atoms with Gasteiger partial charge in [0.05, 0.1) is 6.61 Å². The van der Waals surface area contributed by atoms with Crippen molar-refractivity contribution in [2.75, 3.05) is 6.61 Å². The van der Waals surface area contributed by atoms with Gasteiger partial charge in [0.2, 0.25) is 0 Å². The molecule has 3 heteroatoms. The quantitative estimate of drug-likeness (QED) is 0.862. The van der Waals surface area contributed by atoms with Crippen molar-refractivity contribution in [1.29, 1.82) is 0 Å². The Hall–Kier alpha value is -1.87. The fraction of sp³-hybridized carbons (Fsp3) is 0.312. The first-order chi connectivity index (χ1) is 9.29. The monoisotopic (exact) mass is 256 g/mol. The Morgan fingerprint density at radius 2 is 1.89 bits per heavy atom. The Morgan fingerprint density at radius 3 is 2.58 bits per heavy atom. The minimum Gasteiger partial charge on any atom is -0.494 e. The second-order valence-corrected chi connectivity index (χ2v) is 4.48. The van der Waals surface area contributed by atoms with E-state index < -0.39 is 0 Å². The molecule has 0 aliphatic rings. The second kappa shape index (κ2) is 6.90. The molecule has 1 aromatic heterocycles. The summed E-state index contributed by atoms with van der Waals surface area (Å²) in [5, 5.41) is 3.44. The summed E-state index contributed by atoms with van der Waals surface area (Å²) in [4.78, 5) is 4.10. The minimum atomic E-state index is 0.707. The van der Waals surface area contributed by atoms with E-state index in [1.807, 2.05) is 31.5 Å². The fourth-order valence-electron chi connectivity index (χ4n) is 1.91. The van der Waals surface area contributed by atoms with Crippen LogP contribution in [0.4, 0.5) is 0 Å². The molecule has 3 nitrogen and oxygen atoms in total. The lowest BCUT2D eigenvalue weighted by Crippen LogP contribution is -2.13. The highest BCUT2D eigenvalue weighted by atomic mass is 16.5. The summed E-state index contributed by atoms with van der Waals surface area (Å²) in [5.41, 5.74) is 3.78. The third-order valence-corrected chi connectivity index (χ3v) is 3.02. The molecule has 0 unspecified atom stereocenters. The average molecular weight is 256 g/mol. The number of nitrogens with one attached hydrogen (secondary N) is 1. The molecule has 0 saturated carbocycles. The van der Waals surface area contributed by atoms with Crippen LogP contribution in [0.3, 0.4) is 0 Å². The Kier molecular flexibility index (Phi) is 4.93. The number of aromatic nitrogens is 1. The van der Waals surface area contributed by atoms with Crippen LogP contribution < -0.4 is 10.1 Å². The van der Waals surface area contributed by atoms with Crippen LogP contribution in [-0.4, -0.2) is 11.6 Å². The molecule has 2 rings (SSSR count). The van der Waals surface area contributed by atoms with Gasteiger partial charge >= 0.3 is 0 Å². The lowest BCUT2D eigenvalue weighted by Gasteiger charge is -2.08. The molecule has 1 heterocycles. The second-order valence-electron chi connectivity index (χ2n) is 4.48. The van der Waals surface area contributed by atoms with E-state index in [2.05, 4.69) is 35.4 Å². The number of rotatable bonds is 6. The number of hydrogen-bond donors (Lipinski definition) is 1. The number of benzene rings is 1. The number of aryl methyl sites for hydroxylation is 1. The zero-order valence-corrected chi connectivity index (χ0v) is 11.5. The van der Waals surface area contributed by atoms with Gasteiger partial charge in [-0.3, -0.25) is 4.98 Å². The molecule has 19 heavy (non-hydrogen) atoms. The summed E-state index contributed by atoms with van der Waals surface area (Å²) >= 11 is 0. The normalized spacial score (nSPS) is 10.4. The van der Waals surface area contributed by atoms with Gasteiger partial charge in [-0.2, -0.15) is 0 Å². The molecule has 0 aliphatic heterocycles. The van der Waals surface area contributed by atoms with Crippen molar-refractivity contribution in [2.24, 2.45) is 0 Å². The van der Waals surface area contributed by atoms with Crippen LogP contribution in [0.5, 0.6) is 5.75 Å². The third-order valence-electron chi connectivity index (χ3n) is 3.02. The summed E-state index contributed by atoms with van der Waals surface area (Å²) in [6, 6.07) is 10.3. The van der Waals surface area contributed by atoms with Gasteiger partial charge in [0, 0.05) is 25.5 Å². The highest BCUT2D eigenvalue weighted by Gasteiger charge is 1.98. The first-order valence-corrected chi connectivity index (χ1v) is 6.61. The van der Waals surface area contributed by atoms with Crippen molar-refractivity contribution in [2.45, 2.75) is 26.9 Å². The van der Waals surface area contributed by atoms with Gasteiger partial charge in [0.15, 0.2) is 0 Å². The summed E-state index contributed by atoms with van der Waals surface area (Å²) in [6.07, 6.45) is 3.73. The Balaban J connectivity index is 1.84. The topological polar surface area (TPSA) is 34.1 Å². The molecule has 0 bridgehead atoms. The molecule has 0 spiro atoms. The van der Waals surface area contributed by atoms with E-state index in [1.165, 1.54) is 16.7 Å². The van der Waals surface area contributed by atoms with E-state index in [0.717, 1.165) is 18.8 Å². The maximum absolute atomic E-state index is 5.42. The van der Waals surface area contributed by atoms with Crippen molar-refractivity contribution >= 4 is 0 Å². The smallest absolute Gasteiger partial charge is 0.119 e. The molecule has 0 saturated heterocycles. The number of nitrogens with zero attached hydrogens (tertiary/aromatic N) is 1. The Bertz CT molecular complexity index is 508. The van der Waals surface area contributed by atoms with Gasteiger partial charge in [0.1, 0.15) is 5.75 Å². The highest BCUT2D eigenvalue weighted by Crippen LogP contribution is 2.12. The highest BCUT2D eigenvalue weighted by molar-refractivity contribution is 5.27. The number of pyridine rings is 1. The van der Waals surface area contributed by atoms with Crippen molar-refractivity contribution in [3.8, 4) is 5.75 Å². The Labute approximate surface area is 114 Å². The largest absolute Gasteiger partial charge is 0.494 e. The van der Waals surface area contributed by atoms with Gasteiger partial charge in [-0.25, -0.2) is 0 Å². The maximum atomic E-state index is 5.42. The van der Waals surface area contributed by atoms with Crippen LogP contribution in [0.1, 0.15) is 23.6 Å². The van der Waals surface area contributed by atoms with Crippen molar-refractivity contribution < 1.29 is 4.74 Å². The molecule has 1 N–H and O–H groups in total. The van der Waals surface area contributed by atoms with Crippen LogP contribution in [0.25, 0.3) is 0 Å². The van der Waals surface area contributed by atoms with Crippen molar-refractivity contribution in [1.82, 2.24) is 10.3 Å². The zero-order valence-electron chi connectivity index (χ0n) is 11.5. The minimum absolute atomic E-state index is 0.707. The van der Waals surface area contributed by atoms with Crippen LogP contribution in [-0.2, 0) is 13.1 Å². The summed E-state index contributed by atoms with van der Waals surface area (Å²) in [6.45, 7) is 6.50. The van der Waals surface area contributed by atoms with Gasteiger partial charge in [-0.1, -0.05) is 12.1 Å². The first kappa shape index (κ1) is 13.6. The number of ether oxygens (including phenoxy) is 1. The van der Waals surface area contributed by atoms with E-state index in [0.29, 0.717) is 6.61 Å². The average Bonchev–Trinajstić information content (AvgIpc) is 2.43. The van der Waals surface area contributed by atoms with Crippen LogP contribution in [0.15, 0.2) is 42.7 Å². The molecule has 0 atom stereocenters. The Morgan fingerprint density at radius 1 is 1.11 bits per heavy atom. The summed E-state index contributed by atoms with van der Waals surface area (Å²) in [5.74, 6) is 0.927. The summed E-state index contributed by atoms with van der Waals surface area (Å²) < 4.78 is 5.42. The molecule has 100 valence electrons. The zero-order chi connectivity index (χ0) is 13.5. The van der Waals surface area contributed by atoms with Crippen molar-refractivity contribution in [3.63, 3.8) is 0 Å². The number of hydrogen-bond acceptors (Lipinski definition) is 3. The van der Waals surface area contributed by atoms with E-state index in [9.17, 15) is 0 Å². The maximum Gasteiger partial charge on any atom is 0.119 e. The van der Waals surface area contributed by atoms with Crippen LogP contribution in [0.2, 0.25) is 0 Å². The SMILES string of the molecule is CCOc1ccc(CNCc2ccncc2C)cc1. The predicted octanol–water partition coefficient (Wildman–Crippen LogP) is 3.08. The van der Waals surface area contributed by atoms with Gasteiger partial charge in [0.25, 0.3) is 0 Å². The van der Waals surface area contributed by atoms with E-state index in [4.69, 9.17) is 4.74 Å². The first-order valence-electron chi connectivity index (χ1n) is 6.61. The molecular formula is C16H20N2O. The fourth-order valence-corrected chi connectivity index (χ4v) is 1.91. The van der Waals surface area contributed by atoms with Gasteiger partial charge in [-0.05, 0) is 48.7 Å². The molecule has 0 aliphatic carbocycles. The standard InChI is InChI=1S/C16H20N2O/c1-3-19-16-6-4-14(5-7-16)11-18-12-15-8-9-17-10-13(15)2/h4-10,18H,3,11-12H2,1-2H3. The molecule has 1 aromatic carbocycles. The molecule has 0 amide bonds. The van der Waals surface area contributed by atoms with Crippen LogP contribution >= 0.6 is 0 Å². The lowest BCUT2D eigenvalue weighted by molar-refractivity contribution is 0.340. The molecule has 2 aromatic rings. The molecule has 0 fully saturated rings. The van der Waals surface area contributed by atoms with Gasteiger partial charge < -0.3 is 10.1 Å². The predicted molar refractivity (Wildman–Crippen MR) is 77.1 cm³/mol. The molecular weight excluding hydrogens is 236 g/mol. The van der Waals surface area contributed by atoms with Crippen LogP contribution in [0, 0.1) is 6.92 Å². The molecule has 0 radical (unpaired) electrons. The summed E-state index contributed by atoms with van der Waals surface area (Å²) in [7, 11) is 0. The third kappa shape index (κ3) is 4.07.